The van der Waals surface area contributed by atoms with E-state index in [0.717, 1.165) is 5.56 Å². The van der Waals surface area contributed by atoms with Crippen molar-refractivity contribution in [1.29, 1.82) is 0 Å². The molecule has 0 bridgehead atoms. The molecular formula is C27H43N5O8. The maximum absolute atomic E-state index is 12.4. The Morgan fingerprint density at radius 2 is 1.62 bits per heavy atom. The third-order valence-corrected chi connectivity index (χ3v) is 5.30. The van der Waals surface area contributed by atoms with Gasteiger partial charge in [0.05, 0.1) is 26.2 Å². The van der Waals surface area contributed by atoms with Gasteiger partial charge in [0.1, 0.15) is 24.0 Å². The molecule has 0 aromatic heterocycles. The van der Waals surface area contributed by atoms with Gasteiger partial charge in [0.2, 0.25) is 17.7 Å². The van der Waals surface area contributed by atoms with Gasteiger partial charge in [-0.2, -0.15) is 0 Å². The first-order valence-electron chi connectivity index (χ1n) is 13.1. The molecule has 0 saturated heterocycles. The van der Waals surface area contributed by atoms with Gasteiger partial charge >= 0.3 is 12.1 Å². The van der Waals surface area contributed by atoms with Gasteiger partial charge in [0.15, 0.2) is 0 Å². The van der Waals surface area contributed by atoms with Gasteiger partial charge in [-0.25, -0.2) is 9.59 Å². The van der Waals surface area contributed by atoms with Gasteiger partial charge in [-0.15, -0.1) is 0 Å². The number of unbranched alkanes of at least 4 members (excludes halogenated alkanes) is 1. The predicted octanol–water partition coefficient (Wildman–Crippen LogP) is 0.540. The van der Waals surface area contributed by atoms with E-state index in [2.05, 4.69) is 21.3 Å². The second-order valence-corrected chi connectivity index (χ2v) is 10.1. The van der Waals surface area contributed by atoms with Crippen LogP contribution < -0.4 is 31.7 Å². The molecule has 6 N–H and O–H groups in total. The van der Waals surface area contributed by atoms with E-state index < -0.39 is 41.6 Å². The number of esters is 1. The van der Waals surface area contributed by atoms with Crippen molar-refractivity contribution in [2.45, 2.75) is 71.1 Å². The highest BCUT2D eigenvalue weighted by Gasteiger charge is 2.23. The van der Waals surface area contributed by atoms with Crippen LogP contribution in [0.5, 0.6) is 5.75 Å². The van der Waals surface area contributed by atoms with Crippen LogP contribution in [0, 0.1) is 0 Å². The Kier molecular flexibility index (Phi) is 15.1. The predicted molar refractivity (Wildman–Crippen MR) is 147 cm³/mol. The lowest BCUT2D eigenvalue weighted by Crippen LogP contribution is -2.49. The number of ether oxygens (including phenoxy) is 3. The van der Waals surface area contributed by atoms with Gasteiger partial charge in [-0.3, -0.25) is 14.4 Å². The molecule has 1 rings (SSSR count). The lowest BCUT2D eigenvalue weighted by molar-refractivity contribution is -0.145. The van der Waals surface area contributed by atoms with Crippen molar-refractivity contribution in [1.82, 2.24) is 21.3 Å². The zero-order valence-corrected chi connectivity index (χ0v) is 24.0. The number of rotatable bonds is 16. The first kappa shape index (κ1) is 34.2. The van der Waals surface area contributed by atoms with Gasteiger partial charge in [-0.05, 0) is 57.7 Å². The number of alkyl carbamates (subject to hydrolysis) is 1. The molecule has 0 aliphatic carbocycles. The summed E-state index contributed by atoms with van der Waals surface area (Å²) in [5.41, 5.74) is 6.02. The zero-order chi connectivity index (χ0) is 30.1. The Bertz CT molecular complexity index is 978. The minimum absolute atomic E-state index is 0.120. The van der Waals surface area contributed by atoms with Crippen molar-refractivity contribution < 1.29 is 38.2 Å². The van der Waals surface area contributed by atoms with Crippen molar-refractivity contribution in [3.63, 3.8) is 0 Å². The highest BCUT2D eigenvalue weighted by atomic mass is 16.6. The minimum Gasteiger partial charge on any atom is -0.492 e. The highest BCUT2D eigenvalue weighted by molar-refractivity contribution is 5.89. The Morgan fingerprint density at radius 3 is 2.23 bits per heavy atom. The van der Waals surface area contributed by atoms with Crippen molar-refractivity contribution in [3.05, 3.63) is 29.8 Å². The lowest BCUT2D eigenvalue weighted by atomic mass is 10.1. The molecule has 4 amide bonds. The molecule has 1 aromatic carbocycles. The first-order valence-corrected chi connectivity index (χ1v) is 13.1. The van der Waals surface area contributed by atoms with E-state index in [1.54, 1.807) is 45.0 Å². The van der Waals surface area contributed by atoms with Crippen molar-refractivity contribution in [3.8, 4) is 5.75 Å². The van der Waals surface area contributed by atoms with Gasteiger partial charge in [0, 0.05) is 19.9 Å². The van der Waals surface area contributed by atoms with Crippen LogP contribution in [0.2, 0.25) is 0 Å². The molecule has 0 heterocycles. The fraction of sp³-hybridized carbons (Fsp3) is 0.593. The summed E-state index contributed by atoms with van der Waals surface area (Å²) in [6, 6.07) is 5.13. The summed E-state index contributed by atoms with van der Waals surface area (Å²) in [7, 11) is 1.22. The molecule has 1 aromatic rings. The van der Waals surface area contributed by atoms with Gasteiger partial charge < -0.3 is 41.2 Å². The summed E-state index contributed by atoms with van der Waals surface area (Å²) < 4.78 is 15.6. The molecule has 0 spiro atoms. The second kappa shape index (κ2) is 17.7. The van der Waals surface area contributed by atoms with E-state index in [1.807, 2.05) is 0 Å². The van der Waals surface area contributed by atoms with E-state index in [4.69, 9.17) is 19.9 Å². The Morgan fingerprint density at radius 1 is 0.950 bits per heavy atom. The number of methoxy groups -OCH3 is 1. The van der Waals surface area contributed by atoms with Crippen LogP contribution in [0.4, 0.5) is 4.79 Å². The maximum atomic E-state index is 12.4. The summed E-state index contributed by atoms with van der Waals surface area (Å²) in [6.45, 7) is 7.39. The molecule has 0 aliphatic rings. The molecule has 13 nitrogen and oxygen atoms in total. The third kappa shape index (κ3) is 15.5. The van der Waals surface area contributed by atoms with Crippen LogP contribution in [0.1, 0.15) is 52.5 Å². The van der Waals surface area contributed by atoms with Crippen LogP contribution >= 0.6 is 0 Å². The van der Waals surface area contributed by atoms with Crippen LogP contribution in [0.25, 0.3) is 0 Å². The Hall–Kier alpha value is -3.87. The summed E-state index contributed by atoms with van der Waals surface area (Å²) >= 11 is 0. The molecule has 0 fully saturated rings. The molecule has 13 heteroatoms. The first-order chi connectivity index (χ1) is 18.8. The maximum Gasteiger partial charge on any atom is 0.407 e. The number of benzene rings is 1. The normalized spacial score (nSPS) is 12.3. The van der Waals surface area contributed by atoms with E-state index in [1.165, 1.54) is 14.0 Å². The minimum atomic E-state index is -0.971. The lowest BCUT2D eigenvalue weighted by Gasteiger charge is -2.19. The number of nitrogens with two attached hydrogens (primary N) is 1. The quantitative estimate of drug-likeness (QED) is 0.141. The fourth-order valence-electron chi connectivity index (χ4n) is 3.36. The fourth-order valence-corrected chi connectivity index (χ4v) is 3.36. The monoisotopic (exact) mass is 565 g/mol. The van der Waals surface area contributed by atoms with E-state index >= 15 is 0 Å². The van der Waals surface area contributed by atoms with E-state index in [-0.39, 0.29) is 32.0 Å². The average Bonchev–Trinajstić information content (AvgIpc) is 2.88. The van der Waals surface area contributed by atoms with Gasteiger partial charge in [-0.1, -0.05) is 12.1 Å². The van der Waals surface area contributed by atoms with E-state index in [9.17, 15) is 24.0 Å². The smallest absolute Gasteiger partial charge is 0.407 e. The molecule has 2 atom stereocenters. The highest BCUT2D eigenvalue weighted by Crippen LogP contribution is 2.14. The molecule has 2 unspecified atom stereocenters. The van der Waals surface area contributed by atoms with Crippen molar-refractivity contribution in [2.75, 3.05) is 33.4 Å². The number of carbonyl (C=O) groups is 5. The van der Waals surface area contributed by atoms with Crippen LogP contribution in [0.3, 0.4) is 0 Å². The summed E-state index contributed by atoms with van der Waals surface area (Å²) in [5, 5.41) is 10.3. The average molecular weight is 566 g/mol. The Balaban J connectivity index is 2.47. The van der Waals surface area contributed by atoms with Gasteiger partial charge in [0.25, 0.3) is 0 Å². The summed E-state index contributed by atoms with van der Waals surface area (Å²) in [5.74, 6) is -1.25. The second-order valence-electron chi connectivity index (χ2n) is 10.1. The molecular weight excluding hydrogens is 522 g/mol. The summed E-state index contributed by atoms with van der Waals surface area (Å²) in [4.78, 5) is 59.4. The largest absolute Gasteiger partial charge is 0.492 e. The number of hydrogen-bond donors (Lipinski definition) is 5. The summed E-state index contributed by atoms with van der Waals surface area (Å²) in [6.07, 6.45) is 1.34. The van der Waals surface area contributed by atoms with E-state index in [0.29, 0.717) is 31.6 Å². The molecule has 224 valence electrons. The van der Waals surface area contributed by atoms with Crippen molar-refractivity contribution in [2.24, 2.45) is 5.73 Å². The Labute approximate surface area is 235 Å². The zero-order valence-electron chi connectivity index (χ0n) is 24.0. The van der Waals surface area contributed by atoms with Crippen LogP contribution in [-0.2, 0) is 35.1 Å². The molecule has 0 aliphatic heterocycles. The number of nitrogens with one attached hydrogen (secondary N) is 4. The topological polar surface area (TPSA) is 187 Å². The molecule has 40 heavy (non-hydrogen) atoms. The molecule has 0 radical (unpaired) electrons. The number of hydrogen-bond acceptors (Lipinski definition) is 9. The van der Waals surface area contributed by atoms with Crippen molar-refractivity contribution >= 4 is 29.8 Å². The number of carbonyl (C=O) groups excluding carboxylic acids is 5. The van der Waals surface area contributed by atoms with Crippen LogP contribution in [0.15, 0.2) is 24.3 Å². The van der Waals surface area contributed by atoms with Crippen LogP contribution in [-0.4, -0.2) is 80.8 Å². The standard InChI is InChI=1S/C27H43N5O8/c1-18(33)29-13-7-6-8-21(28)24(35)31-17-23(34)32-22(25(36)38-5)16-19-9-11-20(12-10-19)39-15-14-30-26(37)40-27(2,3)4/h9-12,21-22H,6-8,13-17,28H2,1-5H3,(H,29,33)(H,30,37)(H,31,35)(H,32,34). The molecule has 0 saturated carbocycles. The SMILES string of the molecule is COC(=O)C(Cc1ccc(OCCNC(=O)OC(C)(C)C)cc1)NC(=O)CNC(=O)C(N)CCCCNC(C)=O. The third-order valence-electron chi connectivity index (χ3n) is 5.30. The number of amides is 4.